The Kier molecular flexibility index (Phi) is 13.0. The van der Waals surface area contributed by atoms with Crippen molar-refractivity contribution in [3.05, 3.63) is 175 Å². The molecule has 0 amide bonds. The molecule has 0 saturated heterocycles. The molecule has 228 valence electrons. The van der Waals surface area contributed by atoms with Gasteiger partial charge in [-0.1, -0.05) is 77.5 Å². The first-order valence-electron chi connectivity index (χ1n) is 15.4. The first kappa shape index (κ1) is 35.4. The normalized spacial score (nSPS) is 12.8. The van der Waals surface area contributed by atoms with Crippen molar-refractivity contribution in [3.63, 3.8) is 0 Å². The Morgan fingerprint density at radius 3 is 1.54 bits per heavy atom. The Hall–Kier alpha value is -3.48. The molecule has 0 heterocycles. The molecule has 0 spiro atoms. The van der Waals surface area contributed by atoms with Crippen LogP contribution in [0.1, 0.15) is 43.2 Å². The molecule has 7 aromatic rings. The van der Waals surface area contributed by atoms with Gasteiger partial charge in [-0.3, -0.25) is 6.08 Å². The molecule has 0 aliphatic heterocycles. The summed E-state index contributed by atoms with van der Waals surface area (Å²) in [6.07, 6.45) is 10.0. The van der Waals surface area contributed by atoms with Crippen molar-refractivity contribution < 1.29 is 49.0 Å². The number of halogens is 2. The van der Waals surface area contributed by atoms with Gasteiger partial charge >= 0.3 is 125 Å². The van der Waals surface area contributed by atoms with E-state index in [9.17, 15) is 0 Å². The van der Waals surface area contributed by atoms with Gasteiger partial charge in [-0.25, -0.2) is 12.2 Å². The number of allylic oxidation sites excluding steroid dienone is 4. The number of hydrogen-bond acceptors (Lipinski definition) is 0. The summed E-state index contributed by atoms with van der Waals surface area (Å²) in [5, 5.41) is 10.8. The molecular weight excluding hydrogens is 679 g/mol. The fourth-order valence-electron chi connectivity index (χ4n) is 6.17. The standard InChI is InChI=1S/C21H13.C17H18.C5H5.2ClH.Zr/c1-2-8-15-14(7-1)13-20-18-11-4-3-9-16(18)17-10-5-6-12-19(17)21(15)20;1-14(16-9-5-3-6-10-16)13-15(2)17-11-7-4-8-12-17;1-2-4-5-3-1;;;/h1-13H;3-12,14-15H,1-2H3;1-3H,4H2;2*1H;/q-1;;-1;;;+2/p-2. The molecule has 0 radical (unpaired) electrons. The zero-order valence-corrected chi connectivity index (χ0v) is 30.1. The van der Waals surface area contributed by atoms with Gasteiger partial charge in [0.1, 0.15) is 0 Å². The minimum Gasteiger partial charge on any atom is -1.00 e. The monoisotopic (exact) mass is 712 g/mol. The second kappa shape index (κ2) is 16.9. The van der Waals surface area contributed by atoms with Crippen LogP contribution in [0, 0.1) is 6.08 Å². The molecule has 2 atom stereocenters. The van der Waals surface area contributed by atoms with Gasteiger partial charge < -0.3 is 24.8 Å². The van der Waals surface area contributed by atoms with Crippen LogP contribution < -0.4 is 24.8 Å². The van der Waals surface area contributed by atoms with Crippen LogP contribution >= 0.6 is 0 Å². The predicted molar refractivity (Wildman–Crippen MR) is 188 cm³/mol. The first-order chi connectivity index (χ1) is 21.6. The number of fused-ring (bicyclic) bond motifs is 8. The Morgan fingerprint density at radius 1 is 0.587 bits per heavy atom. The van der Waals surface area contributed by atoms with Crippen LogP contribution in [0.15, 0.2) is 158 Å². The Labute approximate surface area is 300 Å². The minimum absolute atomic E-state index is 0. The average Bonchev–Trinajstić information content (AvgIpc) is 3.81. The molecule has 0 N–H and O–H groups in total. The van der Waals surface area contributed by atoms with Gasteiger partial charge in [-0.15, -0.1) is 40.1 Å². The van der Waals surface area contributed by atoms with Gasteiger partial charge in [0.25, 0.3) is 0 Å². The summed E-state index contributed by atoms with van der Waals surface area (Å²) in [5.41, 5.74) is 2.85. The minimum atomic E-state index is 0. The molecule has 2 unspecified atom stereocenters. The zero-order valence-electron chi connectivity index (χ0n) is 26.1. The fourth-order valence-corrected chi connectivity index (χ4v) is 6.99. The molecule has 8 rings (SSSR count). The first-order valence-corrected chi connectivity index (χ1v) is 16.6. The van der Waals surface area contributed by atoms with Gasteiger partial charge in [0.15, 0.2) is 0 Å². The van der Waals surface area contributed by atoms with E-state index in [1.54, 1.807) is 27.4 Å². The van der Waals surface area contributed by atoms with E-state index in [1.807, 2.05) is 12.2 Å². The van der Waals surface area contributed by atoms with E-state index in [0.29, 0.717) is 11.8 Å². The van der Waals surface area contributed by atoms with E-state index < -0.39 is 0 Å². The van der Waals surface area contributed by atoms with Crippen LogP contribution in [0.2, 0.25) is 0 Å². The third-order valence-corrected chi connectivity index (χ3v) is 10.7. The summed E-state index contributed by atoms with van der Waals surface area (Å²) >= 11 is 1.54. The molecule has 0 nitrogen and oxygen atoms in total. The second-order valence-electron chi connectivity index (χ2n) is 11.3. The molecule has 0 bridgehead atoms. The zero-order chi connectivity index (χ0) is 30.3. The van der Waals surface area contributed by atoms with E-state index in [-0.39, 0.29) is 24.8 Å². The van der Waals surface area contributed by atoms with Gasteiger partial charge in [0.05, 0.1) is 0 Å². The van der Waals surface area contributed by atoms with Crippen molar-refractivity contribution in [3.8, 4) is 0 Å². The van der Waals surface area contributed by atoms with Crippen LogP contribution in [-0.4, -0.2) is 3.21 Å². The third-order valence-electron chi connectivity index (χ3n) is 8.62. The van der Waals surface area contributed by atoms with Crippen molar-refractivity contribution in [2.24, 2.45) is 0 Å². The summed E-state index contributed by atoms with van der Waals surface area (Å²) in [7, 11) is 0. The van der Waals surface area contributed by atoms with Crippen LogP contribution in [0.25, 0.3) is 43.1 Å². The van der Waals surface area contributed by atoms with Gasteiger partial charge in [-0.05, 0) is 10.8 Å². The molecule has 0 fully saturated rings. The summed E-state index contributed by atoms with van der Waals surface area (Å²) in [6, 6.07) is 50.1. The maximum atomic E-state index is 2.99. The van der Waals surface area contributed by atoms with Crippen molar-refractivity contribution in [2.75, 3.05) is 0 Å². The molecule has 1 aliphatic rings. The largest absolute Gasteiger partial charge is 1.00 e. The van der Waals surface area contributed by atoms with E-state index in [4.69, 9.17) is 0 Å². The van der Waals surface area contributed by atoms with Crippen LogP contribution in [0.5, 0.6) is 0 Å². The number of benzene rings is 6. The predicted octanol–water partition coefficient (Wildman–Crippen LogP) is 5.64. The molecule has 0 saturated carbocycles. The van der Waals surface area contributed by atoms with E-state index in [0.717, 1.165) is 6.42 Å². The summed E-state index contributed by atoms with van der Waals surface area (Å²) in [5.74, 6) is 1.08. The molecule has 7 aromatic carbocycles. The number of hydrogen-bond donors (Lipinski definition) is 0. The summed E-state index contributed by atoms with van der Waals surface area (Å²) in [4.78, 5) is 0. The maximum Gasteiger partial charge on any atom is -0.0255 e. The summed E-state index contributed by atoms with van der Waals surface area (Å²) in [6.45, 7) is 4.64. The summed E-state index contributed by atoms with van der Waals surface area (Å²) < 4.78 is 1.61. The molecule has 0 aromatic heterocycles. The second-order valence-corrected chi connectivity index (χ2v) is 12.8. The van der Waals surface area contributed by atoms with Crippen LogP contribution in [-0.2, 0) is 24.2 Å². The van der Waals surface area contributed by atoms with Gasteiger partial charge in [0.2, 0.25) is 0 Å². The fraction of sp³-hybridized carbons (Fsp3) is 0.116. The van der Waals surface area contributed by atoms with Crippen molar-refractivity contribution in [1.82, 2.24) is 0 Å². The molecule has 3 heteroatoms. The van der Waals surface area contributed by atoms with Gasteiger partial charge in [0, 0.05) is 0 Å². The Balaban J connectivity index is 0.000000176. The number of rotatable bonds is 4. The molecule has 46 heavy (non-hydrogen) atoms. The molecular formula is C43H36Cl2Zr-2. The van der Waals surface area contributed by atoms with E-state index in [1.165, 1.54) is 54.2 Å². The van der Waals surface area contributed by atoms with Gasteiger partial charge in [-0.2, -0.15) is 6.08 Å². The van der Waals surface area contributed by atoms with E-state index >= 15 is 0 Å². The Bertz CT molecular complexity index is 2030. The molecule has 1 aliphatic carbocycles. The van der Waals surface area contributed by atoms with Crippen molar-refractivity contribution >= 4 is 46.3 Å². The van der Waals surface area contributed by atoms with Crippen LogP contribution in [0.4, 0.5) is 0 Å². The Morgan fingerprint density at radius 2 is 1.04 bits per heavy atom. The van der Waals surface area contributed by atoms with Crippen molar-refractivity contribution in [1.29, 1.82) is 0 Å². The topological polar surface area (TPSA) is 0 Å². The average molecular weight is 715 g/mol. The SMILES string of the molecule is CC([C](=[Zr+2])C(C)c1ccccc1)c1ccccc1.[C-]1=CC=CC1.[Cl-].[Cl-].c1ccc2c(c1)[cH-]c1c3ccccc3c3ccccc3c21. The van der Waals surface area contributed by atoms with E-state index in [2.05, 4.69) is 166 Å². The maximum absolute atomic E-state index is 2.99. The third kappa shape index (κ3) is 7.72. The smallest absolute Gasteiger partial charge is 0.0255 e. The van der Waals surface area contributed by atoms with Crippen molar-refractivity contribution in [2.45, 2.75) is 32.1 Å². The quantitative estimate of drug-likeness (QED) is 0.164. The van der Waals surface area contributed by atoms with Crippen LogP contribution in [0.3, 0.4) is 0 Å².